The number of hydrogen-bond donors (Lipinski definition) is 1. The summed E-state index contributed by atoms with van der Waals surface area (Å²) in [5.41, 5.74) is 1.92. The fourth-order valence-electron chi connectivity index (χ4n) is 2.44. The van der Waals surface area contributed by atoms with E-state index in [0.717, 1.165) is 11.8 Å². The minimum atomic E-state index is -3.54. The monoisotopic (exact) mass is 396 g/mol. The molecule has 0 unspecified atom stereocenters. The predicted octanol–water partition coefficient (Wildman–Crippen LogP) is 3.45. The SMILES string of the molecule is COc1cccc(N(CCC(=O)Nc2ccc(Cl)cc2C)S(C)(=O)=O)c1. The first kappa shape index (κ1) is 20.1. The lowest BCUT2D eigenvalue weighted by atomic mass is 10.2. The first-order valence-corrected chi connectivity index (χ1v) is 10.1. The van der Waals surface area contributed by atoms with Gasteiger partial charge in [-0.3, -0.25) is 9.10 Å². The summed E-state index contributed by atoms with van der Waals surface area (Å²) in [6, 6.07) is 11.8. The van der Waals surface area contributed by atoms with Gasteiger partial charge in [0.1, 0.15) is 5.75 Å². The molecule has 6 nitrogen and oxygen atoms in total. The van der Waals surface area contributed by atoms with Crippen LogP contribution >= 0.6 is 11.6 Å². The van der Waals surface area contributed by atoms with Crippen molar-refractivity contribution >= 4 is 38.9 Å². The fraction of sp³-hybridized carbons (Fsp3) is 0.278. The van der Waals surface area contributed by atoms with Gasteiger partial charge in [0.05, 0.1) is 19.1 Å². The second-order valence-electron chi connectivity index (χ2n) is 5.79. The molecule has 140 valence electrons. The molecule has 2 aromatic carbocycles. The molecule has 2 rings (SSSR count). The van der Waals surface area contributed by atoms with Crippen molar-refractivity contribution in [3.05, 3.63) is 53.1 Å². The highest BCUT2D eigenvalue weighted by Gasteiger charge is 2.19. The molecule has 0 saturated heterocycles. The van der Waals surface area contributed by atoms with Crippen LogP contribution in [0.15, 0.2) is 42.5 Å². The minimum absolute atomic E-state index is 0.00630. The van der Waals surface area contributed by atoms with Gasteiger partial charge in [-0.25, -0.2) is 8.42 Å². The molecule has 0 aliphatic heterocycles. The lowest BCUT2D eigenvalue weighted by Crippen LogP contribution is -2.33. The van der Waals surface area contributed by atoms with E-state index in [-0.39, 0.29) is 18.9 Å². The van der Waals surface area contributed by atoms with Gasteiger partial charge in [0.25, 0.3) is 0 Å². The van der Waals surface area contributed by atoms with Crippen LogP contribution in [0.4, 0.5) is 11.4 Å². The number of ether oxygens (including phenoxy) is 1. The molecule has 0 radical (unpaired) electrons. The summed E-state index contributed by atoms with van der Waals surface area (Å²) >= 11 is 5.90. The Morgan fingerprint density at radius 1 is 1.23 bits per heavy atom. The number of aryl methyl sites for hydroxylation is 1. The summed E-state index contributed by atoms with van der Waals surface area (Å²) in [6.07, 6.45) is 1.11. The molecule has 0 atom stereocenters. The van der Waals surface area contributed by atoms with E-state index >= 15 is 0 Å². The summed E-state index contributed by atoms with van der Waals surface area (Å²) in [6.45, 7) is 1.85. The van der Waals surface area contributed by atoms with Crippen molar-refractivity contribution in [3.8, 4) is 5.75 Å². The zero-order valence-corrected chi connectivity index (χ0v) is 16.4. The van der Waals surface area contributed by atoms with Gasteiger partial charge < -0.3 is 10.1 Å². The number of nitrogens with zero attached hydrogens (tertiary/aromatic N) is 1. The highest BCUT2D eigenvalue weighted by molar-refractivity contribution is 7.92. The largest absolute Gasteiger partial charge is 0.497 e. The van der Waals surface area contributed by atoms with Crippen LogP contribution in [-0.2, 0) is 14.8 Å². The van der Waals surface area contributed by atoms with E-state index in [4.69, 9.17) is 16.3 Å². The van der Waals surface area contributed by atoms with E-state index < -0.39 is 10.0 Å². The molecule has 0 saturated carbocycles. The van der Waals surface area contributed by atoms with Crippen LogP contribution in [0, 0.1) is 6.92 Å². The highest BCUT2D eigenvalue weighted by atomic mass is 35.5. The van der Waals surface area contributed by atoms with Gasteiger partial charge in [-0.1, -0.05) is 17.7 Å². The maximum atomic E-state index is 12.2. The lowest BCUT2D eigenvalue weighted by Gasteiger charge is -2.22. The van der Waals surface area contributed by atoms with Crippen molar-refractivity contribution in [1.82, 2.24) is 0 Å². The van der Waals surface area contributed by atoms with Crippen molar-refractivity contribution in [2.24, 2.45) is 0 Å². The molecule has 1 amide bonds. The molecule has 8 heteroatoms. The maximum Gasteiger partial charge on any atom is 0.232 e. The average molecular weight is 397 g/mol. The summed E-state index contributed by atoms with van der Waals surface area (Å²) in [5.74, 6) is 0.254. The number of methoxy groups -OCH3 is 1. The van der Waals surface area contributed by atoms with E-state index in [2.05, 4.69) is 5.32 Å². The van der Waals surface area contributed by atoms with E-state index in [9.17, 15) is 13.2 Å². The van der Waals surface area contributed by atoms with Gasteiger partial charge in [0, 0.05) is 29.7 Å². The van der Waals surface area contributed by atoms with Crippen LogP contribution in [0.3, 0.4) is 0 Å². The van der Waals surface area contributed by atoms with E-state index in [1.807, 2.05) is 6.92 Å². The van der Waals surface area contributed by atoms with Crippen LogP contribution in [0.1, 0.15) is 12.0 Å². The minimum Gasteiger partial charge on any atom is -0.497 e. The van der Waals surface area contributed by atoms with Crippen molar-refractivity contribution in [1.29, 1.82) is 0 Å². The van der Waals surface area contributed by atoms with Gasteiger partial charge in [0.15, 0.2) is 0 Å². The molecule has 2 aromatic rings. The topological polar surface area (TPSA) is 75.7 Å². The van der Waals surface area contributed by atoms with Crippen LogP contribution in [0.5, 0.6) is 5.75 Å². The normalized spacial score (nSPS) is 11.1. The van der Waals surface area contributed by atoms with Gasteiger partial charge in [-0.15, -0.1) is 0 Å². The second-order valence-corrected chi connectivity index (χ2v) is 8.14. The molecule has 0 aromatic heterocycles. The molecule has 0 heterocycles. The molecular formula is C18H21ClN2O4S. The van der Waals surface area contributed by atoms with Crippen LogP contribution in [0.25, 0.3) is 0 Å². The van der Waals surface area contributed by atoms with Crippen LogP contribution in [0.2, 0.25) is 5.02 Å². The number of anilines is 2. The van der Waals surface area contributed by atoms with Gasteiger partial charge >= 0.3 is 0 Å². The van der Waals surface area contributed by atoms with Gasteiger partial charge in [0.2, 0.25) is 15.9 Å². The molecule has 0 bridgehead atoms. The molecule has 1 N–H and O–H groups in total. The van der Waals surface area contributed by atoms with Gasteiger partial charge in [-0.05, 0) is 42.8 Å². The Morgan fingerprint density at radius 2 is 1.96 bits per heavy atom. The first-order valence-electron chi connectivity index (χ1n) is 7.88. The number of halogens is 1. The third-order valence-corrected chi connectivity index (χ3v) is 5.18. The summed E-state index contributed by atoms with van der Waals surface area (Å²) in [5, 5.41) is 3.36. The number of hydrogen-bond acceptors (Lipinski definition) is 4. The molecule has 26 heavy (non-hydrogen) atoms. The number of rotatable bonds is 7. The zero-order chi connectivity index (χ0) is 19.3. The van der Waals surface area contributed by atoms with Crippen molar-refractivity contribution in [2.75, 3.05) is 29.5 Å². The molecule has 0 aliphatic carbocycles. The smallest absolute Gasteiger partial charge is 0.232 e. The maximum absolute atomic E-state index is 12.2. The Labute approximate surface area is 158 Å². The first-order chi connectivity index (χ1) is 12.2. The Bertz CT molecular complexity index is 900. The predicted molar refractivity (Wildman–Crippen MR) is 105 cm³/mol. The van der Waals surface area contributed by atoms with Crippen molar-refractivity contribution in [2.45, 2.75) is 13.3 Å². The Kier molecular flexibility index (Phi) is 6.50. The zero-order valence-electron chi connectivity index (χ0n) is 14.8. The quantitative estimate of drug-likeness (QED) is 0.777. The van der Waals surface area contributed by atoms with E-state index in [1.54, 1.807) is 42.5 Å². The van der Waals surface area contributed by atoms with Gasteiger partial charge in [-0.2, -0.15) is 0 Å². The van der Waals surface area contributed by atoms with Crippen molar-refractivity contribution in [3.63, 3.8) is 0 Å². The highest BCUT2D eigenvalue weighted by Crippen LogP contribution is 2.24. The van der Waals surface area contributed by atoms with E-state index in [1.165, 1.54) is 11.4 Å². The fourth-order valence-corrected chi connectivity index (χ4v) is 3.58. The summed E-state index contributed by atoms with van der Waals surface area (Å²) in [4.78, 5) is 12.2. The third-order valence-electron chi connectivity index (χ3n) is 3.75. The Balaban J connectivity index is 2.10. The number of nitrogens with one attached hydrogen (secondary N) is 1. The van der Waals surface area contributed by atoms with Crippen LogP contribution < -0.4 is 14.4 Å². The number of carbonyl (C=O) groups is 1. The van der Waals surface area contributed by atoms with Crippen LogP contribution in [-0.4, -0.2) is 34.2 Å². The van der Waals surface area contributed by atoms with E-state index in [0.29, 0.717) is 22.1 Å². The second kappa shape index (κ2) is 8.42. The number of sulfonamides is 1. The number of benzene rings is 2. The third kappa shape index (κ3) is 5.37. The summed E-state index contributed by atoms with van der Waals surface area (Å²) in [7, 11) is -2.04. The molecule has 0 aliphatic rings. The number of amides is 1. The average Bonchev–Trinajstić information content (AvgIpc) is 2.56. The Hall–Kier alpha value is -2.25. The standard InChI is InChI=1S/C18H21ClN2O4S/c1-13-11-14(19)7-8-17(13)20-18(22)9-10-21(26(3,23)24)15-5-4-6-16(12-15)25-2/h4-8,11-12H,9-10H2,1-3H3,(H,20,22). The molecular weight excluding hydrogens is 376 g/mol. The Morgan fingerprint density at radius 3 is 2.58 bits per heavy atom. The number of carbonyl (C=O) groups excluding carboxylic acids is 1. The molecule has 0 fully saturated rings. The van der Waals surface area contributed by atoms with Crippen molar-refractivity contribution < 1.29 is 17.9 Å². The molecule has 0 spiro atoms. The lowest BCUT2D eigenvalue weighted by molar-refractivity contribution is -0.116. The summed E-state index contributed by atoms with van der Waals surface area (Å²) < 4.78 is 30.6.